The van der Waals surface area contributed by atoms with Crippen molar-refractivity contribution in [3.8, 4) is 11.1 Å². The number of carbonyl (C=O) groups is 3. The number of rotatable bonds is 7. The fourth-order valence-electron chi connectivity index (χ4n) is 3.86. The standard InChI is InChI=1S/C23H26N2O5S/c1-24(2)21(26)19(12-20(31)22(27)28)25(3)23(29)30-13-18-16-10-6-4-8-14(16)15-9-5-7-11-17(15)18/h4-11,18-20,31H,12-13H2,1-3H3,(H,27,28). The molecule has 1 aliphatic rings. The number of nitrogens with zero attached hydrogens (tertiary/aromatic N) is 2. The Balaban J connectivity index is 1.76. The van der Waals surface area contributed by atoms with Crippen molar-refractivity contribution in [1.29, 1.82) is 0 Å². The Hall–Kier alpha value is -3.00. The Labute approximate surface area is 187 Å². The number of carbonyl (C=O) groups excluding carboxylic acids is 2. The molecule has 0 aliphatic heterocycles. The van der Waals surface area contributed by atoms with Gasteiger partial charge < -0.3 is 14.7 Å². The van der Waals surface area contributed by atoms with Crippen LogP contribution in [0.4, 0.5) is 4.79 Å². The Kier molecular flexibility index (Phi) is 6.90. The predicted octanol–water partition coefficient (Wildman–Crippen LogP) is 3.10. The summed E-state index contributed by atoms with van der Waals surface area (Å²) >= 11 is 4.03. The van der Waals surface area contributed by atoms with Crippen LogP contribution < -0.4 is 0 Å². The summed E-state index contributed by atoms with van der Waals surface area (Å²) < 4.78 is 5.60. The number of likely N-dealkylation sites (N-methyl/N-ethyl adjacent to an activating group) is 2. The SMILES string of the molecule is CN(C)C(=O)C(CC(S)C(=O)O)N(C)C(=O)OCC1c2ccccc2-c2ccccc21. The fourth-order valence-corrected chi connectivity index (χ4v) is 4.06. The molecule has 2 atom stereocenters. The van der Waals surface area contributed by atoms with Crippen molar-refractivity contribution in [2.45, 2.75) is 23.6 Å². The van der Waals surface area contributed by atoms with E-state index in [1.54, 1.807) is 14.1 Å². The lowest BCUT2D eigenvalue weighted by atomic mass is 9.98. The van der Waals surface area contributed by atoms with Crippen molar-refractivity contribution in [1.82, 2.24) is 9.80 Å². The third kappa shape index (κ3) is 4.69. The lowest BCUT2D eigenvalue weighted by Crippen LogP contribution is -2.49. The van der Waals surface area contributed by atoms with Gasteiger partial charge in [0, 0.05) is 27.1 Å². The fraction of sp³-hybridized carbons (Fsp3) is 0.348. The molecule has 0 spiro atoms. The zero-order valence-electron chi connectivity index (χ0n) is 17.7. The van der Waals surface area contributed by atoms with E-state index in [4.69, 9.17) is 9.84 Å². The number of hydrogen-bond donors (Lipinski definition) is 2. The van der Waals surface area contributed by atoms with E-state index in [2.05, 4.69) is 12.6 Å². The van der Waals surface area contributed by atoms with Crippen molar-refractivity contribution in [3.63, 3.8) is 0 Å². The monoisotopic (exact) mass is 442 g/mol. The van der Waals surface area contributed by atoms with Crippen LogP contribution in [0.5, 0.6) is 0 Å². The number of amides is 2. The molecule has 31 heavy (non-hydrogen) atoms. The number of carboxylic acids is 1. The molecule has 0 radical (unpaired) electrons. The average molecular weight is 443 g/mol. The minimum atomic E-state index is -1.15. The van der Waals surface area contributed by atoms with Gasteiger partial charge >= 0.3 is 12.1 Å². The molecule has 0 saturated carbocycles. The van der Waals surface area contributed by atoms with E-state index in [0.29, 0.717) is 0 Å². The van der Waals surface area contributed by atoms with Crippen molar-refractivity contribution in [2.24, 2.45) is 0 Å². The molecule has 2 aromatic carbocycles. The first-order chi connectivity index (χ1) is 14.7. The van der Waals surface area contributed by atoms with Crippen LogP contribution in [0.25, 0.3) is 11.1 Å². The van der Waals surface area contributed by atoms with Gasteiger partial charge in [-0.15, -0.1) is 0 Å². The molecule has 8 heteroatoms. The molecular weight excluding hydrogens is 416 g/mol. The number of benzene rings is 2. The summed E-state index contributed by atoms with van der Waals surface area (Å²) in [6.45, 7) is 0.114. The highest BCUT2D eigenvalue weighted by molar-refractivity contribution is 7.81. The summed E-state index contributed by atoms with van der Waals surface area (Å²) in [5.74, 6) is -1.65. The molecule has 2 aromatic rings. The van der Waals surface area contributed by atoms with Gasteiger partial charge in [0.2, 0.25) is 5.91 Å². The van der Waals surface area contributed by atoms with E-state index in [1.807, 2.05) is 48.5 Å². The van der Waals surface area contributed by atoms with Gasteiger partial charge in [0.25, 0.3) is 0 Å². The van der Waals surface area contributed by atoms with Gasteiger partial charge in [-0.1, -0.05) is 48.5 Å². The largest absolute Gasteiger partial charge is 0.480 e. The molecule has 0 heterocycles. The minimum Gasteiger partial charge on any atom is -0.480 e. The molecule has 2 unspecified atom stereocenters. The van der Waals surface area contributed by atoms with Crippen LogP contribution in [0.3, 0.4) is 0 Å². The lowest BCUT2D eigenvalue weighted by molar-refractivity contribution is -0.137. The number of aliphatic carboxylic acids is 1. The Morgan fingerprint density at radius 1 is 1.00 bits per heavy atom. The average Bonchev–Trinajstić information content (AvgIpc) is 3.08. The second kappa shape index (κ2) is 9.43. The highest BCUT2D eigenvalue weighted by atomic mass is 32.1. The van der Waals surface area contributed by atoms with Crippen LogP contribution in [0.1, 0.15) is 23.5 Å². The molecular formula is C23H26N2O5S. The normalized spacial score (nSPS) is 14.2. The third-order valence-electron chi connectivity index (χ3n) is 5.55. The van der Waals surface area contributed by atoms with Gasteiger partial charge in [-0.2, -0.15) is 12.6 Å². The van der Waals surface area contributed by atoms with Crippen molar-refractivity contribution in [3.05, 3.63) is 59.7 Å². The first-order valence-electron chi connectivity index (χ1n) is 9.92. The number of carboxylic acid groups (broad SMARTS) is 1. The quantitative estimate of drug-likeness (QED) is 0.644. The summed E-state index contributed by atoms with van der Waals surface area (Å²) in [5, 5.41) is 8.08. The molecule has 1 aliphatic carbocycles. The lowest BCUT2D eigenvalue weighted by Gasteiger charge is -2.30. The molecule has 1 N–H and O–H groups in total. The Morgan fingerprint density at radius 3 is 2.00 bits per heavy atom. The van der Waals surface area contributed by atoms with Gasteiger partial charge in [0.1, 0.15) is 17.9 Å². The molecule has 0 fully saturated rings. The second-order valence-corrected chi connectivity index (χ2v) is 8.38. The second-order valence-electron chi connectivity index (χ2n) is 7.75. The number of fused-ring (bicyclic) bond motifs is 3. The maximum atomic E-state index is 12.8. The zero-order valence-corrected chi connectivity index (χ0v) is 18.6. The predicted molar refractivity (Wildman–Crippen MR) is 120 cm³/mol. The maximum Gasteiger partial charge on any atom is 0.410 e. The Bertz CT molecular complexity index is 948. The van der Waals surface area contributed by atoms with Crippen LogP contribution in [-0.2, 0) is 14.3 Å². The van der Waals surface area contributed by atoms with Crippen LogP contribution in [-0.4, -0.2) is 71.9 Å². The smallest absolute Gasteiger partial charge is 0.410 e. The van der Waals surface area contributed by atoms with Crippen molar-refractivity contribution in [2.75, 3.05) is 27.7 Å². The van der Waals surface area contributed by atoms with Gasteiger partial charge in [-0.25, -0.2) is 4.79 Å². The van der Waals surface area contributed by atoms with Crippen molar-refractivity contribution >= 4 is 30.6 Å². The van der Waals surface area contributed by atoms with Crippen LogP contribution >= 0.6 is 12.6 Å². The number of thiol groups is 1. The summed E-state index contributed by atoms with van der Waals surface area (Å²) in [7, 11) is 4.54. The van der Waals surface area contributed by atoms with E-state index < -0.39 is 29.3 Å². The Morgan fingerprint density at radius 2 is 1.52 bits per heavy atom. The summed E-state index contributed by atoms with van der Waals surface area (Å²) in [6.07, 6.45) is -0.816. The van der Waals surface area contributed by atoms with E-state index in [9.17, 15) is 14.4 Å². The molecule has 0 bridgehead atoms. The van der Waals surface area contributed by atoms with Gasteiger partial charge in [-0.3, -0.25) is 14.5 Å². The molecule has 3 rings (SSSR count). The van der Waals surface area contributed by atoms with Crippen LogP contribution in [0, 0.1) is 0 Å². The number of ether oxygens (including phenoxy) is 1. The number of hydrogen-bond acceptors (Lipinski definition) is 5. The molecule has 7 nitrogen and oxygen atoms in total. The molecule has 0 saturated heterocycles. The summed E-state index contributed by atoms with van der Waals surface area (Å²) in [4.78, 5) is 39.1. The van der Waals surface area contributed by atoms with E-state index in [1.165, 1.54) is 11.9 Å². The summed E-state index contributed by atoms with van der Waals surface area (Å²) in [5.41, 5.74) is 4.41. The molecule has 2 amide bonds. The van der Waals surface area contributed by atoms with E-state index in [-0.39, 0.29) is 18.9 Å². The van der Waals surface area contributed by atoms with Crippen LogP contribution in [0.15, 0.2) is 48.5 Å². The van der Waals surface area contributed by atoms with Gasteiger partial charge in [0.05, 0.1) is 0 Å². The van der Waals surface area contributed by atoms with Crippen LogP contribution in [0.2, 0.25) is 0 Å². The topological polar surface area (TPSA) is 87.2 Å². The van der Waals surface area contributed by atoms with Gasteiger partial charge in [-0.05, 0) is 28.7 Å². The molecule has 164 valence electrons. The zero-order chi connectivity index (χ0) is 22.7. The maximum absolute atomic E-state index is 12.8. The first kappa shape index (κ1) is 22.7. The van der Waals surface area contributed by atoms with E-state index >= 15 is 0 Å². The minimum absolute atomic E-state index is 0.107. The highest BCUT2D eigenvalue weighted by Crippen LogP contribution is 2.44. The highest BCUT2D eigenvalue weighted by Gasteiger charge is 2.34. The van der Waals surface area contributed by atoms with E-state index in [0.717, 1.165) is 27.2 Å². The van der Waals surface area contributed by atoms with Gasteiger partial charge in [0.15, 0.2) is 0 Å². The first-order valence-corrected chi connectivity index (χ1v) is 10.4. The summed E-state index contributed by atoms with van der Waals surface area (Å²) in [6, 6.07) is 15.0. The third-order valence-corrected chi connectivity index (χ3v) is 5.98. The van der Waals surface area contributed by atoms with Crippen molar-refractivity contribution < 1.29 is 24.2 Å². The molecule has 0 aromatic heterocycles.